The number of fused-ring (bicyclic) bond motifs is 3. The zero-order valence-corrected chi connectivity index (χ0v) is 16.0. The highest BCUT2D eigenvalue weighted by Gasteiger charge is 2.26. The fraction of sp³-hybridized carbons (Fsp3) is 0.300. The first kappa shape index (κ1) is 18.0. The third kappa shape index (κ3) is 3.44. The van der Waals surface area contributed by atoms with E-state index in [1.165, 1.54) is 12.1 Å². The van der Waals surface area contributed by atoms with E-state index in [1.54, 1.807) is 12.1 Å². The van der Waals surface area contributed by atoms with E-state index < -0.39 is 15.8 Å². The Morgan fingerprint density at radius 2 is 1.89 bits per heavy atom. The predicted octanol–water partition coefficient (Wildman–Crippen LogP) is 3.79. The second-order valence-electron chi connectivity index (χ2n) is 7.13. The third-order valence-electron chi connectivity index (χ3n) is 5.13. The minimum Gasteiger partial charge on any atom is -0.461 e. The largest absolute Gasteiger partial charge is 0.461 e. The summed E-state index contributed by atoms with van der Waals surface area (Å²) in [5.74, 6) is 0.512. The molecule has 1 heterocycles. The summed E-state index contributed by atoms with van der Waals surface area (Å²) in [7, 11) is 0.356. The number of aryl methyl sites for hydroxylation is 1. The number of hydrogen-bond acceptors (Lipinski definition) is 4. The van der Waals surface area contributed by atoms with Crippen molar-refractivity contribution < 1.29 is 17.2 Å². The van der Waals surface area contributed by atoms with Crippen LogP contribution in [0.1, 0.15) is 17.7 Å². The quantitative estimate of drug-likeness (QED) is 0.739. The zero-order chi connectivity index (χ0) is 19.2. The maximum absolute atomic E-state index is 13.1. The van der Waals surface area contributed by atoms with Crippen LogP contribution in [-0.4, -0.2) is 33.5 Å². The molecule has 1 aliphatic carbocycles. The average Bonchev–Trinajstić information content (AvgIpc) is 2.99. The first-order valence-corrected chi connectivity index (χ1v) is 10.3. The Morgan fingerprint density at radius 1 is 1.15 bits per heavy atom. The monoisotopic (exact) mass is 388 g/mol. The van der Waals surface area contributed by atoms with Crippen molar-refractivity contribution in [2.24, 2.45) is 0 Å². The molecule has 0 radical (unpaired) electrons. The van der Waals surface area contributed by atoms with Gasteiger partial charge in [-0.3, -0.25) is 4.72 Å². The molecule has 4 rings (SSSR count). The molecule has 142 valence electrons. The molecule has 1 unspecified atom stereocenters. The number of rotatable bonds is 4. The van der Waals surface area contributed by atoms with Crippen molar-refractivity contribution in [3.05, 3.63) is 59.6 Å². The first-order chi connectivity index (χ1) is 12.8. The van der Waals surface area contributed by atoms with E-state index in [0.717, 1.165) is 53.7 Å². The number of hydrogen-bond donors (Lipinski definition) is 1. The maximum atomic E-state index is 13.1. The minimum atomic E-state index is -3.78. The molecule has 2 aromatic carbocycles. The summed E-state index contributed by atoms with van der Waals surface area (Å²) in [6, 6.07) is 10.5. The summed E-state index contributed by atoms with van der Waals surface area (Å²) in [6.07, 6.45) is 2.80. The normalized spacial score (nSPS) is 17.3. The van der Waals surface area contributed by atoms with Crippen LogP contribution < -0.4 is 4.72 Å². The molecule has 27 heavy (non-hydrogen) atoms. The highest BCUT2D eigenvalue weighted by Crippen LogP contribution is 2.34. The van der Waals surface area contributed by atoms with Crippen LogP contribution in [0.3, 0.4) is 0 Å². The number of sulfonamides is 1. The molecule has 1 aromatic heterocycles. The number of anilines is 1. The molecule has 0 aliphatic heterocycles. The summed E-state index contributed by atoms with van der Waals surface area (Å²) < 4.78 is 46.7. The van der Waals surface area contributed by atoms with E-state index in [4.69, 9.17) is 4.42 Å². The molecular formula is C20H21FN2O3S. The molecule has 3 aromatic rings. The zero-order valence-electron chi connectivity index (χ0n) is 15.2. The van der Waals surface area contributed by atoms with Gasteiger partial charge in [-0.15, -0.1) is 0 Å². The topological polar surface area (TPSA) is 62.6 Å². The Balaban J connectivity index is 1.67. The number of likely N-dealkylation sites (N-methyl/N-ethyl adjacent to an activating group) is 1. The number of nitrogens with zero attached hydrogens (tertiary/aromatic N) is 1. The molecule has 1 N–H and O–H groups in total. The Kier molecular flexibility index (Phi) is 4.44. The molecule has 7 heteroatoms. The second-order valence-corrected chi connectivity index (χ2v) is 8.82. The van der Waals surface area contributed by atoms with Crippen molar-refractivity contribution in [2.75, 3.05) is 18.8 Å². The number of furan rings is 1. The van der Waals surface area contributed by atoms with Gasteiger partial charge in [0.05, 0.1) is 4.90 Å². The van der Waals surface area contributed by atoms with Gasteiger partial charge in [-0.25, -0.2) is 12.8 Å². The van der Waals surface area contributed by atoms with Crippen LogP contribution in [0.15, 0.2) is 51.8 Å². The Hall–Kier alpha value is -2.38. The van der Waals surface area contributed by atoms with E-state index >= 15 is 0 Å². The van der Waals surface area contributed by atoms with E-state index in [9.17, 15) is 12.8 Å². The number of halogens is 1. The molecule has 0 saturated heterocycles. The SMILES string of the molecule is CN(C)C1CCc2oc3ccc(NS(=O)(=O)c4ccc(F)cc4)cc3c2C1. The van der Waals surface area contributed by atoms with Gasteiger partial charge in [0.15, 0.2) is 0 Å². The summed E-state index contributed by atoms with van der Waals surface area (Å²) in [6.45, 7) is 0. The molecule has 0 amide bonds. The van der Waals surface area contributed by atoms with Crippen molar-refractivity contribution >= 4 is 26.7 Å². The Bertz CT molecular complexity index is 1090. The second kappa shape index (κ2) is 6.65. The van der Waals surface area contributed by atoms with Crippen LogP contribution in [0.4, 0.5) is 10.1 Å². The average molecular weight is 388 g/mol. The first-order valence-electron chi connectivity index (χ1n) is 8.82. The molecule has 0 fully saturated rings. The molecule has 0 bridgehead atoms. The highest BCUT2D eigenvalue weighted by atomic mass is 32.2. The maximum Gasteiger partial charge on any atom is 0.261 e. The van der Waals surface area contributed by atoms with Gasteiger partial charge >= 0.3 is 0 Å². The molecule has 1 atom stereocenters. The molecular weight excluding hydrogens is 367 g/mol. The van der Waals surface area contributed by atoms with Gasteiger partial charge < -0.3 is 9.32 Å². The summed E-state index contributed by atoms with van der Waals surface area (Å²) in [5.41, 5.74) is 2.38. The molecule has 0 spiro atoms. The van der Waals surface area contributed by atoms with Crippen molar-refractivity contribution in [3.63, 3.8) is 0 Å². The van der Waals surface area contributed by atoms with E-state index in [-0.39, 0.29) is 4.90 Å². The molecule has 5 nitrogen and oxygen atoms in total. The van der Waals surface area contributed by atoms with Gasteiger partial charge in [0, 0.05) is 29.1 Å². The Morgan fingerprint density at radius 3 is 2.59 bits per heavy atom. The third-order valence-corrected chi connectivity index (χ3v) is 6.52. The Labute approximate surface area is 157 Å². The lowest BCUT2D eigenvalue weighted by atomic mass is 9.91. The number of benzene rings is 2. The van der Waals surface area contributed by atoms with Crippen LogP contribution in [0.5, 0.6) is 0 Å². The summed E-state index contributed by atoms with van der Waals surface area (Å²) >= 11 is 0. The van der Waals surface area contributed by atoms with E-state index in [2.05, 4.69) is 23.7 Å². The lowest BCUT2D eigenvalue weighted by molar-refractivity contribution is 0.261. The van der Waals surface area contributed by atoms with Gasteiger partial charge in [0.1, 0.15) is 17.2 Å². The van der Waals surface area contributed by atoms with Gasteiger partial charge in [-0.05, 0) is 69.4 Å². The summed E-state index contributed by atoms with van der Waals surface area (Å²) in [5, 5.41) is 0.941. The van der Waals surface area contributed by atoms with Crippen LogP contribution in [0, 0.1) is 5.82 Å². The fourth-order valence-electron chi connectivity index (χ4n) is 3.59. The van der Waals surface area contributed by atoms with Crippen molar-refractivity contribution in [1.29, 1.82) is 0 Å². The van der Waals surface area contributed by atoms with Crippen LogP contribution in [0.2, 0.25) is 0 Å². The van der Waals surface area contributed by atoms with Crippen molar-refractivity contribution in [2.45, 2.75) is 30.2 Å². The predicted molar refractivity (Wildman–Crippen MR) is 103 cm³/mol. The van der Waals surface area contributed by atoms with Gasteiger partial charge in [-0.2, -0.15) is 0 Å². The van der Waals surface area contributed by atoms with Crippen LogP contribution in [-0.2, 0) is 22.9 Å². The van der Waals surface area contributed by atoms with Gasteiger partial charge in [-0.1, -0.05) is 0 Å². The summed E-state index contributed by atoms with van der Waals surface area (Å²) in [4.78, 5) is 2.23. The fourth-order valence-corrected chi connectivity index (χ4v) is 4.64. The van der Waals surface area contributed by atoms with E-state index in [0.29, 0.717) is 11.7 Å². The highest BCUT2D eigenvalue weighted by molar-refractivity contribution is 7.92. The molecule has 1 aliphatic rings. The molecule has 0 saturated carbocycles. The smallest absolute Gasteiger partial charge is 0.261 e. The van der Waals surface area contributed by atoms with E-state index in [1.807, 2.05) is 6.07 Å². The van der Waals surface area contributed by atoms with Gasteiger partial charge in [0.25, 0.3) is 10.0 Å². The standard InChI is InChI=1S/C20H21FN2O3S/c1-23(2)15-6-10-20-18(12-15)17-11-14(5-9-19(17)26-20)22-27(24,25)16-7-3-13(21)4-8-16/h3-5,7-9,11,15,22H,6,10,12H2,1-2H3. The minimum absolute atomic E-state index is 0.0193. The number of nitrogens with one attached hydrogen (secondary N) is 1. The van der Waals surface area contributed by atoms with Crippen molar-refractivity contribution in [3.8, 4) is 0 Å². The van der Waals surface area contributed by atoms with Crippen LogP contribution in [0.25, 0.3) is 11.0 Å². The van der Waals surface area contributed by atoms with Crippen LogP contribution >= 0.6 is 0 Å². The van der Waals surface area contributed by atoms with Crippen molar-refractivity contribution in [1.82, 2.24) is 4.90 Å². The lowest BCUT2D eigenvalue weighted by Crippen LogP contribution is -2.33. The van der Waals surface area contributed by atoms with Gasteiger partial charge in [0.2, 0.25) is 0 Å². The lowest BCUT2D eigenvalue weighted by Gasteiger charge is -2.27.